The smallest absolute Gasteiger partial charge is 0.187 e. The summed E-state index contributed by atoms with van der Waals surface area (Å²) < 4.78 is 43.8. The van der Waals surface area contributed by atoms with Crippen LogP contribution in [-0.4, -0.2) is 38.0 Å². The lowest BCUT2D eigenvalue weighted by Gasteiger charge is -2.47. The van der Waals surface area contributed by atoms with Crippen molar-refractivity contribution in [3.05, 3.63) is 55.1 Å². The first kappa shape index (κ1) is 17.0. The first-order valence-corrected chi connectivity index (χ1v) is 9.94. The Balaban J connectivity index is 1.84. The zero-order valence-corrected chi connectivity index (χ0v) is 14.9. The second kappa shape index (κ2) is 5.77. The average Bonchev–Trinajstić information content (AvgIpc) is 3.17. The molecule has 2 heterocycles. The topological polar surface area (TPSA) is 61.8 Å². The number of hydrogen-bond donors (Lipinski definition) is 0. The number of ether oxygens (including phenoxy) is 3. The number of rotatable bonds is 3. The largest absolute Gasteiger partial charge is 0.345 e. The Hall–Kier alpha value is -1.47. The van der Waals surface area contributed by atoms with Gasteiger partial charge in [-0.15, -0.1) is 0 Å². The van der Waals surface area contributed by atoms with Gasteiger partial charge in [0.2, 0.25) is 0 Å². The quantitative estimate of drug-likeness (QED) is 0.774. The summed E-state index contributed by atoms with van der Waals surface area (Å²) >= 11 is 0. The fourth-order valence-corrected chi connectivity index (χ4v) is 6.99. The molecular weight excluding hydrogens is 340 g/mol. The predicted octanol–water partition coefficient (Wildman–Crippen LogP) is 2.84. The van der Waals surface area contributed by atoms with Crippen molar-refractivity contribution in [3.63, 3.8) is 0 Å². The molecule has 134 valence electrons. The summed E-state index contributed by atoms with van der Waals surface area (Å²) in [7, 11) is -3.65. The van der Waals surface area contributed by atoms with E-state index in [1.807, 2.05) is 6.92 Å². The molecule has 1 aromatic rings. The van der Waals surface area contributed by atoms with Crippen LogP contribution >= 0.6 is 0 Å². The van der Waals surface area contributed by atoms with E-state index in [-0.39, 0.29) is 5.92 Å². The highest BCUT2D eigenvalue weighted by Gasteiger charge is 2.67. The van der Waals surface area contributed by atoms with Gasteiger partial charge in [0, 0.05) is 5.92 Å². The van der Waals surface area contributed by atoms with E-state index in [0.717, 1.165) is 5.57 Å². The monoisotopic (exact) mass is 362 g/mol. The van der Waals surface area contributed by atoms with Crippen molar-refractivity contribution in [2.24, 2.45) is 5.92 Å². The highest BCUT2D eigenvalue weighted by atomic mass is 32.2. The van der Waals surface area contributed by atoms with Crippen LogP contribution in [-0.2, 0) is 24.0 Å². The third-order valence-electron chi connectivity index (χ3n) is 5.66. The summed E-state index contributed by atoms with van der Waals surface area (Å²) in [5.74, 6) is -0.260. The molecule has 6 atom stereocenters. The molecule has 0 N–H and O–H groups in total. The van der Waals surface area contributed by atoms with Gasteiger partial charge in [0.15, 0.2) is 22.4 Å². The SMILES string of the molecule is C=CC1O[C@H]2O[C@@H](C)[C@]3(S(=O)(=O)c4ccccc4)CC(=C)C[C@@H]3[C@H]2O1. The van der Waals surface area contributed by atoms with Crippen LogP contribution in [0, 0.1) is 5.92 Å². The van der Waals surface area contributed by atoms with Crippen LogP contribution in [0.25, 0.3) is 0 Å². The van der Waals surface area contributed by atoms with Crippen LogP contribution < -0.4 is 0 Å². The fourth-order valence-electron chi connectivity index (χ4n) is 4.53. The maximum absolute atomic E-state index is 13.6. The number of allylic oxidation sites excluding steroid dienone is 1. The maximum atomic E-state index is 13.6. The third kappa shape index (κ3) is 2.28. The van der Waals surface area contributed by atoms with Crippen LogP contribution in [0.1, 0.15) is 19.8 Å². The molecule has 5 nitrogen and oxygen atoms in total. The minimum atomic E-state index is -3.65. The Bertz CT molecular complexity index is 802. The molecule has 1 aliphatic carbocycles. The summed E-state index contributed by atoms with van der Waals surface area (Å²) in [4.78, 5) is 0.308. The van der Waals surface area contributed by atoms with Gasteiger partial charge in [0.25, 0.3) is 0 Å². The second-order valence-electron chi connectivity index (χ2n) is 7.00. The van der Waals surface area contributed by atoms with E-state index in [4.69, 9.17) is 14.2 Å². The van der Waals surface area contributed by atoms with Crippen molar-refractivity contribution in [3.8, 4) is 0 Å². The van der Waals surface area contributed by atoms with Gasteiger partial charge in [-0.3, -0.25) is 0 Å². The summed E-state index contributed by atoms with van der Waals surface area (Å²) in [5, 5.41) is 0. The molecule has 0 radical (unpaired) electrons. The predicted molar refractivity (Wildman–Crippen MR) is 92.5 cm³/mol. The van der Waals surface area contributed by atoms with Crippen LogP contribution in [0.15, 0.2) is 60.0 Å². The highest BCUT2D eigenvalue weighted by Crippen LogP contribution is 2.56. The molecule has 0 amide bonds. The number of sulfone groups is 1. The van der Waals surface area contributed by atoms with E-state index in [1.54, 1.807) is 36.4 Å². The lowest BCUT2D eigenvalue weighted by molar-refractivity contribution is -0.197. The molecule has 3 fully saturated rings. The van der Waals surface area contributed by atoms with Crippen molar-refractivity contribution >= 4 is 9.84 Å². The summed E-state index contributed by atoms with van der Waals surface area (Å²) in [6.45, 7) is 9.59. The number of hydrogen-bond acceptors (Lipinski definition) is 5. The standard InChI is InChI=1S/C19H22O5S/c1-4-16-23-17-15-10-12(2)11-19(15,13(3)22-18(17)24-16)25(20,21)14-8-6-5-7-9-14/h4-9,13,15-18H,1-2,10-11H2,3H3/t13-,15+,16?,17+,18+,19+/m0/s1. The average molecular weight is 362 g/mol. The molecule has 2 saturated heterocycles. The minimum Gasteiger partial charge on any atom is -0.345 e. The van der Waals surface area contributed by atoms with Crippen LogP contribution in [0.2, 0.25) is 0 Å². The molecule has 1 saturated carbocycles. The zero-order valence-electron chi connectivity index (χ0n) is 14.1. The van der Waals surface area contributed by atoms with Gasteiger partial charge < -0.3 is 14.2 Å². The molecule has 6 heteroatoms. The van der Waals surface area contributed by atoms with E-state index in [1.165, 1.54) is 0 Å². The molecule has 1 aromatic carbocycles. The van der Waals surface area contributed by atoms with E-state index in [9.17, 15) is 8.42 Å². The van der Waals surface area contributed by atoms with Gasteiger partial charge >= 0.3 is 0 Å². The normalized spacial score (nSPS) is 40.5. The van der Waals surface area contributed by atoms with Crippen molar-refractivity contribution in [2.45, 2.75) is 54.2 Å². The van der Waals surface area contributed by atoms with Crippen LogP contribution in [0.3, 0.4) is 0 Å². The molecule has 3 aliphatic rings. The van der Waals surface area contributed by atoms with Gasteiger partial charge in [-0.05, 0) is 38.0 Å². The van der Waals surface area contributed by atoms with Gasteiger partial charge in [-0.2, -0.15) is 0 Å². The molecule has 2 aliphatic heterocycles. The molecule has 0 bridgehead atoms. The molecule has 0 aromatic heterocycles. The third-order valence-corrected chi connectivity index (χ3v) is 8.33. The van der Waals surface area contributed by atoms with Gasteiger partial charge in [-0.1, -0.05) is 36.9 Å². The lowest BCUT2D eigenvalue weighted by atomic mass is 9.83. The summed E-state index contributed by atoms with van der Waals surface area (Å²) in [5.41, 5.74) is 0.909. The first-order valence-electron chi connectivity index (χ1n) is 8.45. The van der Waals surface area contributed by atoms with Gasteiger partial charge in [-0.25, -0.2) is 8.42 Å². The Morgan fingerprint density at radius 1 is 1.20 bits per heavy atom. The van der Waals surface area contributed by atoms with Gasteiger partial charge in [0.05, 0.1) is 11.0 Å². The molecule has 1 unspecified atom stereocenters. The highest BCUT2D eigenvalue weighted by molar-refractivity contribution is 7.93. The number of fused-ring (bicyclic) bond motifs is 3. The van der Waals surface area contributed by atoms with E-state index >= 15 is 0 Å². The Kier molecular flexibility index (Phi) is 3.92. The van der Waals surface area contributed by atoms with Crippen LogP contribution in [0.5, 0.6) is 0 Å². The van der Waals surface area contributed by atoms with Crippen molar-refractivity contribution < 1.29 is 22.6 Å². The molecule has 4 rings (SSSR count). The second-order valence-corrected chi connectivity index (χ2v) is 9.23. The number of benzene rings is 1. The van der Waals surface area contributed by atoms with Gasteiger partial charge in [0.1, 0.15) is 10.9 Å². The van der Waals surface area contributed by atoms with Crippen molar-refractivity contribution in [1.29, 1.82) is 0 Å². The summed E-state index contributed by atoms with van der Waals surface area (Å²) in [6, 6.07) is 8.56. The lowest BCUT2D eigenvalue weighted by Crippen LogP contribution is -2.62. The first-order chi connectivity index (χ1) is 11.9. The minimum absolute atomic E-state index is 0.260. The molecule has 0 spiro atoms. The Labute approximate surface area is 148 Å². The van der Waals surface area contributed by atoms with Crippen LogP contribution in [0.4, 0.5) is 0 Å². The Morgan fingerprint density at radius 2 is 1.92 bits per heavy atom. The Morgan fingerprint density at radius 3 is 2.60 bits per heavy atom. The van der Waals surface area contributed by atoms with Crippen molar-refractivity contribution in [2.75, 3.05) is 0 Å². The summed E-state index contributed by atoms with van der Waals surface area (Å²) in [6.07, 6.45) is 0.394. The molecule has 25 heavy (non-hydrogen) atoms. The van der Waals surface area contributed by atoms with E-state index < -0.39 is 39.4 Å². The maximum Gasteiger partial charge on any atom is 0.187 e. The van der Waals surface area contributed by atoms with E-state index in [0.29, 0.717) is 17.7 Å². The van der Waals surface area contributed by atoms with E-state index in [2.05, 4.69) is 13.2 Å². The zero-order chi connectivity index (χ0) is 17.8. The molecular formula is C19H22O5S. The fraction of sp³-hybridized carbons (Fsp3) is 0.474. The van der Waals surface area contributed by atoms with Crippen molar-refractivity contribution in [1.82, 2.24) is 0 Å².